The lowest BCUT2D eigenvalue weighted by molar-refractivity contribution is 0.590. The van der Waals surface area contributed by atoms with Crippen molar-refractivity contribution in [1.29, 1.82) is 0 Å². The van der Waals surface area contributed by atoms with Gasteiger partial charge in [0.05, 0.1) is 5.52 Å². The van der Waals surface area contributed by atoms with Gasteiger partial charge in [-0.1, -0.05) is 45.9 Å². The first-order valence-electron chi connectivity index (χ1n) is 6.37. The van der Waals surface area contributed by atoms with Crippen molar-refractivity contribution in [2.24, 2.45) is 5.84 Å². The van der Waals surface area contributed by atoms with Gasteiger partial charge in [0.25, 0.3) is 0 Å². The Labute approximate surface area is 108 Å². The predicted molar refractivity (Wildman–Crippen MR) is 77.6 cm³/mol. The van der Waals surface area contributed by atoms with E-state index in [-0.39, 0.29) is 5.41 Å². The molecule has 0 aliphatic carbocycles. The highest BCUT2D eigenvalue weighted by Crippen LogP contribution is 2.31. The van der Waals surface area contributed by atoms with Crippen LogP contribution >= 0.6 is 0 Å². The van der Waals surface area contributed by atoms with Gasteiger partial charge in [0, 0.05) is 10.9 Å². The molecule has 0 spiro atoms. The molecule has 0 fully saturated rings. The summed E-state index contributed by atoms with van der Waals surface area (Å²) >= 11 is 0. The summed E-state index contributed by atoms with van der Waals surface area (Å²) in [6.45, 7) is 8.64. The molecule has 2 aromatic rings. The number of nitrogens with two attached hydrogens (primary N) is 1. The Morgan fingerprint density at radius 2 is 2.00 bits per heavy atom. The molecular weight excluding hydrogens is 222 g/mol. The number of hydrazine groups is 1. The number of benzene rings is 1. The highest BCUT2D eigenvalue weighted by atomic mass is 15.3. The fourth-order valence-corrected chi connectivity index (χ4v) is 2.23. The molecule has 18 heavy (non-hydrogen) atoms. The lowest BCUT2D eigenvalue weighted by atomic mass is 9.86. The number of rotatable bonds is 2. The third-order valence-electron chi connectivity index (χ3n) is 3.25. The van der Waals surface area contributed by atoms with Crippen molar-refractivity contribution >= 4 is 16.7 Å². The Hall–Kier alpha value is -1.61. The number of nitrogen functional groups attached to an aromatic ring is 1. The standard InChI is InChI=1S/C15H21N3/c1-5-10-7-6-8-11-9-12(15(2,3)4)14(18-16)17-13(10)11/h6-9H,5,16H2,1-4H3,(H,17,18). The zero-order valence-corrected chi connectivity index (χ0v) is 11.5. The Bertz CT molecular complexity index is 568. The minimum absolute atomic E-state index is 0.0190. The molecule has 0 unspecified atom stereocenters. The molecule has 96 valence electrons. The predicted octanol–water partition coefficient (Wildman–Crippen LogP) is 3.38. The number of hydrogen-bond acceptors (Lipinski definition) is 3. The minimum Gasteiger partial charge on any atom is -0.308 e. The highest BCUT2D eigenvalue weighted by molar-refractivity contribution is 5.85. The Morgan fingerprint density at radius 3 is 2.56 bits per heavy atom. The second kappa shape index (κ2) is 4.58. The largest absolute Gasteiger partial charge is 0.308 e. The fraction of sp³-hybridized carbons (Fsp3) is 0.400. The fourth-order valence-electron chi connectivity index (χ4n) is 2.23. The topological polar surface area (TPSA) is 50.9 Å². The molecule has 0 atom stereocenters. The first-order chi connectivity index (χ1) is 8.47. The van der Waals surface area contributed by atoms with Crippen molar-refractivity contribution in [2.75, 3.05) is 5.43 Å². The van der Waals surface area contributed by atoms with Crippen LogP contribution in [-0.2, 0) is 11.8 Å². The van der Waals surface area contributed by atoms with E-state index in [1.54, 1.807) is 0 Å². The molecule has 0 bridgehead atoms. The maximum atomic E-state index is 5.62. The first kappa shape index (κ1) is 12.8. The van der Waals surface area contributed by atoms with Gasteiger partial charge in [0.15, 0.2) is 0 Å². The van der Waals surface area contributed by atoms with Crippen LogP contribution in [0.2, 0.25) is 0 Å². The van der Waals surface area contributed by atoms with E-state index in [4.69, 9.17) is 10.8 Å². The van der Waals surface area contributed by atoms with Crippen LogP contribution in [0.3, 0.4) is 0 Å². The van der Waals surface area contributed by atoms with E-state index in [0.29, 0.717) is 0 Å². The number of pyridine rings is 1. The van der Waals surface area contributed by atoms with E-state index in [9.17, 15) is 0 Å². The quantitative estimate of drug-likeness (QED) is 0.628. The van der Waals surface area contributed by atoms with Gasteiger partial charge in [-0.2, -0.15) is 0 Å². The second-order valence-electron chi connectivity index (χ2n) is 5.62. The van der Waals surface area contributed by atoms with Gasteiger partial charge in [-0.15, -0.1) is 0 Å². The van der Waals surface area contributed by atoms with E-state index in [2.05, 4.69) is 57.4 Å². The molecule has 0 radical (unpaired) electrons. The summed E-state index contributed by atoms with van der Waals surface area (Å²) in [5, 5.41) is 1.18. The molecule has 1 heterocycles. The zero-order chi connectivity index (χ0) is 13.3. The summed E-state index contributed by atoms with van der Waals surface area (Å²) < 4.78 is 0. The van der Waals surface area contributed by atoms with Crippen LogP contribution in [0.5, 0.6) is 0 Å². The molecule has 3 nitrogen and oxygen atoms in total. The molecule has 3 N–H and O–H groups in total. The Balaban J connectivity index is 2.77. The van der Waals surface area contributed by atoms with Crippen molar-refractivity contribution in [3.8, 4) is 0 Å². The summed E-state index contributed by atoms with van der Waals surface area (Å²) in [7, 11) is 0. The summed E-state index contributed by atoms with van der Waals surface area (Å²) in [5.74, 6) is 6.39. The SMILES string of the molecule is CCc1cccc2cc(C(C)(C)C)c(NN)nc12. The molecule has 2 rings (SSSR count). The van der Waals surface area contributed by atoms with Gasteiger partial charge in [-0.3, -0.25) is 0 Å². The summed E-state index contributed by atoms with van der Waals surface area (Å²) in [5.41, 5.74) is 6.19. The number of nitrogens with zero attached hydrogens (tertiary/aromatic N) is 1. The molecule has 0 saturated carbocycles. The van der Waals surface area contributed by atoms with Gasteiger partial charge in [0.2, 0.25) is 0 Å². The third kappa shape index (κ3) is 2.18. The Kier molecular flexibility index (Phi) is 3.26. The average Bonchev–Trinajstić information content (AvgIpc) is 2.35. The molecule has 0 amide bonds. The van der Waals surface area contributed by atoms with E-state index in [1.165, 1.54) is 10.9 Å². The van der Waals surface area contributed by atoms with Crippen molar-refractivity contribution in [2.45, 2.75) is 39.5 Å². The molecule has 3 heteroatoms. The number of nitrogens with one attached hydrogen (secondary N) is 1. The second-order valence-corrected chi connectivity index (χ2v) is 5.62. The van der Waals surface area contributed by atoms with Crippen molar-refractivity contribution in [1.82, 2.24) is 4.98 Å². The number of anilines is 1. The average molecular weight is 243 g/mol. The lowest BCUT2D eigenvalue weighted by Gasteiger charge is -2.22. The number of para-hydroxylation sites is 1. The van der Waals surface area contributed by atoms with Gasteiger partial charge < -0.3 is 5.43 Å². The highest BCUT2D eigenvalue weighted by Gasteiger charge is 2.20. The molecule has 1 aromatic carbocycles. The van der Waals surface area contributed by atoms with Crippen LogP contribution in [-0.4, -0.2) is 4.98 Å². The van der Waals surface area contributed by atoms with E-state index in [0.717, 1.165) is 23.3 Å². The minimum atomic E-state index is 0.0190. The maximum Gasteiger partial charge on any atom is 0.144 e. The van der Waals surface area contributed by atoms with Gasteiger partial charge in [-0.25, -0.2) is 10.8 Å². The molecule has 1 aromatic heterocycles. The van der Waals surface area contributed by atoms with Crippen LogP contribution in [0, 0.1) is 0 Å². The van der Waals surface area contributed by atoms with Gasteiger partial charge >= 0.3 is 0 Å². The van der Waals surface area contributed by atoms with Gasteiger partial charge in [-0.05, 0) is 23.5 Å². The molecule has 0 aliphatic heterocycles. The van der Waals surface area contributed by atoms with Crippen LogP contribution in [0.4, 0.5) is 5.82 Å². The maximum absolute atomic E-state index is 5.62. The molecule has 0 saturated heterocycles. The van der Waals surface area contributed by atoms with Crippen LogP contribution < -0.4 is 11.3 Å². The normalized spacial score (nSPS) is 11.8. The van der Waals surface area contributed by atoms with E-state index < -0.39 is 0 Å². The molecular formula is C15H21N3. The summed E-state index contributed by atoms with van der Waals surface area (Å²) in [4.78, 5) is 4.69. The summed E-state index contributed by atoms with van der Waals surface area (Å²) in [6, 6.07) is 8.50. The lowest BCUT2D eigenvalue weighted by Crippen LogP contribution is -2.19. The number of aryl methyl sites for hydroxylation is 1. The first-order valence-corrected chi connectivity index (χ1v) is 6.37. The van der Waals surface area contributed by atoms with Crippen molar-refractivity contribution in [3.05, 3.63) is 35.4 Å². The van der Waals surface area contributed by atoms with Crippen molar-refractivity contribution < 1.29 is 0 Å². The van der Waals surface area contributed by atoms with E-state index >= 15 is 0 Å². The third-order valence-corrected chi connectivity index (χ3v) is 3.25. The number of aromatic nitrogens is 1. The number of hydrogen-bond donors (Lipinski definition) is 2. The van der Waals surface area contributed by atoms with Crippen molar-refractivity contribution in [3.63, 3.8) is 0 Å². The van der Waals surface area contributed by atoms with E-state index in [1.807, 2.05) is 0 Å². The Morgan fingerprint density at radius 1 is 1.28 bits per heavy atom. The van der Waals surface area contributed by atoms with Crippen LogP contribution in [0.15, 0.2) is 24.3 Å². The summed E-state index contributed by atoms with van der Waals surface area (Å²) in [6.07, 6.45) is 0.975. The molecule has 0 aliphatic rings. The number of fused-ring (bicyclic) bond motifs is 1. The van der Waals surface area contributed by atoms with Gasteiger partial charge in [0.1, 0.15) is 5.82 Å². The van der Waals surface area contributed by atoms with Crippen LogP contribution in [0.1, 0.15) is 38.8 Å². The smallest absolute Gasteiger partial charge is 0.144 e. The monoisotopic (exact) mass is 243 g/mol. The zero-order valence-electron chi connectivity index (χ0n) is 11.5. The van der Waals surface area contributed by atoms with Crippen LogP contribution in [0.25, 0.3) is 10.9 Å².